The van der Waals surface area contributed by atoms with Gasteiger partial charge in [-0.05, 0) is 49.4 Å². The fraction of sp³-hybridized carbons (Fsp3) is 0.391. The SMILES string of the molecule is COc1cc2[nH]c(=S)nc(NCCCN3CCN(c4cccc(Cl)c4)CC3)c2cc1OC. The van der Waals surface area contributed by atoms with Crippen LogP contribution in [-0.4, -0.2) is 68.4 Å². The predicted molar refractivity (Wildman–Crippen MR) is 133 cm³/mol. The molecule has 1 saturated heterocycles. The Morgan fingerprint density at radius 1 is 1.09 bits per heavy atom. The van der Waals surface area contributed by atoms with Crippen molar-refractivity contribution in [2.75, 3.05) is 63.7 Å². The van der Waals surface area contributed by atoms with Gasteiger partial charge in [0.2, 0.25) is 0 Å². The first-order valence-electron chi connectivity index (χ1n) is 10.7. The first-order chi connectivity index (χ1) is 15.6. The summed E-state index contributed by atoms with van der Waals surface area (Å²) in [5, 5.41) is 5.16. The van der Waals surface area contributed by atoms with Crippen LogP contribution in [0.3, 0.4) is 0 Å². The van der Waals surface area contributed by atoms with E-state index in [4.69, 9.17) is 33.3 Å². The summed E-state index contributed by atoms with van der Waals surface area (Å²) in [5.41, 5.74) is 2.06. The molecule has 0 spiro atoms. The number of H-pyrrole nitrogens is 1. The zero-order valence-corrected chi connectivity index (χ0v) is 19.9. The summed E-state index contributed by atoms with van der Waals surface area (Å²) in [6.07, 6.45) is 1.01. The Balaban J connectivity index is 1.32. The summed E-state index contributed by atoms with van der Waals surface area (Å²) in [4.78, 5) is 12.5. The summed E-state index contributed by atoms with van der Waals surface area (Å²) in [5.74, 6) is 2.07. The van der Waals surface area contributed by atoms with Crippen molar-refractivity contribution < 1.29 is 9.47 Å². The van der Waals surface area contributed by atoms with E-state index in [1.807, 2.05) is 30.3 Å². The summed E-state index contributed by atoms with van der Waals surface area (Å²) >= 11 is 11.4. The molecule has 1 fully saturated rings. The monoisotopic (exact) mass is 473 g/mol. The Morgan fingerprint density at radius 3 is 2.56 bits per heavy atom. The molecule has 7 nitrogen and oxygen atoms in total. The number of piperazine rings is 1. The van der Waals surface area contributed by atoms with Gasteiger partial charge in [-0.15, -0.1) is 0 Å². The molecule has 4 rings (SSSR count). The van der Waals surface area contributed by atoms with E-state index < -0.39 is 0 Å². The molecule has 170 valence electrons. The molecule has 1 aromatic heterocycles. The number of aromatic nitrogens is 2. The lowest BCUT2D eigenvalue weighted by Crippen LogP contribution is -2.46. The minimum absolute atomic E-state index is 0.435. The molecule has 0 amide bonds. The second-order valence-electron chi connectivity index (χ2n) is 7.73. The Hall–Kier alpha value is -2.55. The van der Waals surface area contributed by atoms with Crippen molar-refractivity contribution in [1.29, 1.82) is 0 Å². The average molecular weight is 474 g/mol. The van der Waals surface area contributed by atoms with Crippen molar-refractivity contribution in [3.63, 3.8) is 0 Å². The number of benzene rings is 2. The van der Waals surface area contributed by atoms with Crippen molar-refractivity contribution >= 4 is 46.2 Å². The third-order valence-electron chi connectivity index (χ3n) is 5.72. The quantitative estimate of drug-likeness (QED) is 0.366. The van der Waals surface area contributed by atoms with E-state index in [0.29, 0.717) is 16.3 Å². The molecule has 32 heavy (non-hydrogen) atoms. The Labute approximate surface area is 198 Å². The highest BCUT2D eigenvalue weighted by Crippen LogP contribution is 2.33. The van der Waals surface area contributed by atoms with Crippen LogP contribution in [0.25, 0.3) is 10.9 Å². The fourth-order valence-electron chi connectivity index (χ4n) is 4.03. The lowest BCUT2D eigenvalue weighted by Gasteiger charge is -2.36. The molecule has 9 heteroatoms. The van der Waals surface area contributed by atoms with Crippen molar-refractivity contribution in [3.8, 4) is 11.5 Å². The van der Waals surface area contributed by atoms with Crippen LogP contribution < -0.4 is 19.7 Å². The first-order valence-corrected chi connectivity index (χ1v) is 11.5. The van der Waals surface area contributed by atoms with Gasteiger partial charge in [-0.2, -0.15) is 0 Å². The zero-order valence-electron chi connectivity index (χ0n) is 18.4. The molecule has 0 radical (unpaired) electrons. The number of fused-ring (bicyclic) bond motifs is 1. The number of hydrogen-bond donors (Lipinski definition) is 2. The van der Waals surface area contributed by atoms with E-state index in [-0.39, 0.29) is 0 Å². The molecule has 2 heterocycles. The topological polar surface area (TPSA) is 65.7 Å². The van der Waals surface area contributed by atoms with Crippen molar-refractivity contribution in [1.82, 2.24) is 14.9 Å². The molecule has 2 aromatic carbocycles. The number of anilines is 2. The normalized spacial score (nSPS) is 14.5. The van der Waals surface area contributed by atoms with Gasteiger partial charge in [0.1, 0.15) is 5.82 Å². The summed E-state index contributed by atoms with van der Waals surface area (Å²) in [6.45, 7) is 5.95. The number of ether oxygens (including phenoxy) is 2. The number of hydrogen-bond acceptors (Lipinski definition) is 7. The minimum atomic E-state index is 0.435. The molecule has 0 saturated carbocycles. The smallest absolute Gasteiger partial charge is 0.199 e. The van der Waals surface area contributed by atoms with Crippen molar-refractivity contribution in [2.45, 2.75) is 6.42 Å². The van der Waals surface area contributed by atoms with E-state index >= 15 is 0 Å². The van der Waals surface area contributed by atoms with Crippen LogP contribution in [0.15, 0.2) is 36.4 Å². The summed E-state index contributed by atoms with van der Waals surface area (Å²) in [7, 11) is 3.25. The molecule has 1 aliphatic rings. The third-order valence-corrected chi connectivity index (χ3v) is 6.15. The van der Waals surface area contributed by atoms with E-state index in [9.17, 15) is 0 Å². The number of aromatic amines is 1. The van der Waals surface area contributed by atoms with E-state index in [2.05, 4.69) is 31.2 Å². The minimum Gasteiger partial charge on any atom is -0.493 e. The number of nitrogens with zero attached hydrogens (tertiary/aromatic N) is 3. The van der Waals surface area contributed by atoms with Crippen LogP contribution in [0.2, 0.25) is 5.02 Å². The van der Waals surface area contributed by atoms with Crippen molar-refractivity contribution in [3.05, 3.63) is 46.2 Å². The maximum Gasteiger partial charge on any atom is 0.199 e. The van der Waals surface area contributed by atoms with Gasteiger partial charge < -0.3 is 24.7 Å². The average Bonchev–Trinajstić information content (AvgIpc) is 2.81. The molecule has 1 aliphatic heterocycles. The van der Waals surface area contributed by atoms with E-state index in [1.165, 1.54) is 5.69 Å². The van der Waals surface area contributed by atoms with Gasteiger partial charge >= 0.3 is 0 Å². The van der Waals surface area contributed by atoms with Crippen LogP contribution in [-0.2, 0) is 0 Å². The highest BCUT2D eigenvalue weighted by atomic mass is 35.5. The highest BCUT2D eigenvalue weighted by Gasteiger charge is 2.17. The highest BCUT2D eigenvalue weighted by molar-refractivity contribution is 7.71. The van der Waals surface area contributed by atoms with Gasteiger partial charge in [0.25, 0.3) is 0 Å². The van der Waals surface area contributed by atoms with Gasteiger partial charge in [0, 0.05) is 54.9 Å². The first kappa shape index (κ1) is 22.6. The van der Waals surface area contributed by atoms with Gasteiger partial charge in [-0.1, -0.05) is 17.7 Å². The second-order valence-corrected chi connectivity index (χ2v) is 8.56. The van der Waals surface area contributed by atoms with Gasteiger partial charge in [-0.25, -0.2) is 4.98 Å². The molecule has 0 unspecified atom stereocenters. The van der Waals surface area contributed by atoms with Crippen LogP contribution >= 0.6 is 23.8 Å². The van der Waals surface area contributed by atoms with Crippen LogP contribution in [0.5, 0.6) is 11.5 Å². The second kappa shape index (κ2) is 10.4. The fourth-order valence-corrected chi connectivity index (χ4v) is 4.42. The number of nitrogens with one attached hydrogen (secondary N) is 2. The molecule has 2 N–H and O–H groups in total. The van der Waals surface area contributed by atoms with Gasteiger partial charge in [-0.3, -0.25) is 4.90 Å². The standard InChI is InChI=1S/C23H28ClN5O2S/c1-30-20-14-18-19(15-21(20)31-2)26-23(32)27-22(18)25-7-4-8-28-9-11-29(12-10-28)17-6-3-5-16(24)13-17/h3,5-6,13-15H,4,7-12H2,1-2H3,(H2,25,26,27,32). The van der Waals surface area contributed by atoms with Gasteiger partial charge in [0.15, 0.2) is 16.3 Å². The number of methoxy groups -OCH3 is 2. The van der Waals surface area contributed by atoms with Crippen LogP contribution in [0.4, 0.5) is 11.5 Å². The molecule has 0 aliphatic carbocycles. The van der Waals surface area contributed by atoms with Crippen LogP contribution in [0.1, 0.15) is 6.42 Å². The van der Waals surface area contributed by atoms with E-state index in [1.54, 1.807) is 14.2 Å². The number of rotatable bonds is 8. The zero-order chi connectivity index (χ0) is 22.5. The number of halogens is 1. The molecule has 0 bridgehead atoms. The third kappa shape index (κ3) is 5.26. The lowest BCUT2D eigenvalue weighted by molar-refractivity contribution is 0.257. The summed E-state index contributed by atoms with van der Waals surface area (Å²) in [6, 6.07) is 11.9. The molecule has 0 atom stereocenters. The van der Waals surface area contributed by atoms with Crippen molar-refractivity contribution in [2.24, 2.45) is 0 Å². The largest absolute Gasteiger partial charge is 0.493 e. The predicted octanol–water partition coefficient (Wildman–Crippen LogP) is 4.59. The van der Waals surface area contributed by atoms with Crippen LogP contribution in [0, 0.1) is 4.77 Å². The summed E-state index contributed by atoms with van der Waals surface area (Å²) < 4.78 is 11.3. The maximum atomic E-state index is 6.14. The lowest BCUT2D eigenvalue weighted by atomic mass is 10.2. The Kier molecular flexibility index (Phi) is 7.34. The van der Waals surface area contributed by atoms with Gasteiger partial charge in [0.05, 0.1) is 19.7 Å². The Morgan fingerprint density at radius 2 is 1.84 bits per heavy atom. The Bertz CT molecular complexity index is 1130. The molecular formula is C23H28ClN5O2S. The maximum absolute atomic E-state index is 6.14. The molecular weight excluding hydrogens is 446 g/mol. The van der Waals surface area contributed by atoms with E-state index in [0.717, 1.165) is 67.4 Å². The molecule has 3 aromatic rings.